The molecule has 0 bridgehead atoms. The van der Waals surface area contributed by atoms with Crippen molar-refractivity contribution >= 4 is 16.9 Å². The predicted molar refractivity (Wildman–Crippen MR) is 94.9 cm³/mol. The SMILES string of the molecule is Cc1nc2c(c(=O)[nH]1)CCC21CCN(c2ncnc3[nH]ccc23)CC1. The molecule has 25 heavy (non-hydrogen) atoms. The second-order valence-electron chi connectivity index (χ2n) is 7.18. The van der Waals surface area contributed by atoms with Gasteiger partial charge in [0.05, 0.1) is 11.1 Å². The topological polar surface area (TPSA) is 90.6 Å². The molecule has 0 atom stereocenters. The van der Waals surface area contributed by atoms with Crippen molar-refractivity contribution in [1.82, 2.24) is 24.9 Å². The van der Waals surface area contributed by atoms with Gasteiger partial charge in [-0.1, -0.05) is 0 Å². The molecule has 0 saturated carbocycles. The van der Waals surface area contributed by atoms with E-state index in [1.807, 2.05) is 19.2 Å². The van der Waals surface area contributed by atoms with Crippen molar-refractivity contribution < 1.29 is 0 Å². The van der Waals surface area contributed by atoms with Gasteiger partial charge in [-0.25, -0.2) is 15.0 Å². The van der Waals surface area contributed by atoms with E-state index in [0.717, 1.165) is 72.7 Å². The summed E-state index contributed by atoms with van der Waals surface area (Å²) >= 11 is 0. The summed E-state index contributed by atoms with van der Waals surface area (Å²) in [7, 11) is 0. The van der Waals surface area contributed by atoms with E-state index in [-0.39, 0.29) is 11.0 Å². The van der Waals surface area contributed by atoms with Crippen LogP contribution >= 0.6 is 0 Å². The number of fused-ring (bicyclic) bond motifs is 3. The zero-order valence-corrected chi connectivity index (χ0v) is 14.2. The molecular formula is C18H20N6O. The molecule has 2 aliphatic rings. The summed E-state index contributed by atoms with van der Waals surface area (Å²) < 4.78 is 0. The molecule has 0 aromatic carbocycles. The smallest absolute Gasteiger partial charge is 0.254 e. The van der Waals surface area contributed by atoms with Gasteiger partial charge in [0.25, 0.3) is 5.56 Å². The third kappa shape index (κ3) is 2.11. The van der Waals surface area contributed by atoms with Crippen LogP contribution in [0.25, 0.3) is 11.0 Å². The molecule has 0 amide bonds. The van der Waals surface area contributed by atoms with Crippen LogP contribution in [-0.4, -0.2) is 38.0 Å². The quantitative estimate of drug-likeness (QED) is 0.707. The maximum atomic E-state index is 12.2. The summed E-state index contributed by atoms with van der Waals surface area (Å²) in [4.78, 5) is 34.1. The summed E-state index contributed by atoms with van der Waals surface area (Å²) in [5.41, 5.74) is 2.92. The lowest BCUT2D eigenvalue weighted by Crippen LogP contribution is -2.42. The molecule has 1 fully saturated rings. The van der Waals surface area contributed by atoms with E-state index in [1.165, 1.54) is 0 Å². The summed E-state index contributed by atoms with van der Waals surface area (Å²) in [5, 5.41) is 1.07. The van der Waals surface area contributed by atoms with Gasteiger partial charge >= 0.3 is 0 Å². The fourth-order valence-corrected chi connectivity index (χ4v) is 4.51. The summed E-state index contributed by atoms with van der Waals surface area (Å²) in [6.45, 7) is 3.71. The van der Waals surface area contributed by atoms with Crippen molar-refractivity contribution in [3.05, 3.63) is 46.0 Å². The van der Waals surface area contributed by atoms with E-state index in [4.69, 9.17) is 4.98 Å². The van der Waals surface area contributed by atoms with Crippen LogP contribution in [0.3, 0.4) is 0 Å². The summed E-state index contributed by atoms with van der Waals surface area (Å²) in [6, 6.07) is 2.03. The summed E-state index contributed by atoms with van der Waals surface area (Å²) in [6.07, 6.45) is 7.40. The maximum absolute atomic E-state index is 12.2. The average Bonchev–Trinajstić information content (AvgIpc) is 3.22. The molecule has 0 unspecified atom stereocenters. The highest BCUT2D eigenvalue weighted by atomic mass is 16.1. The van der Waals surface area contributed by atoms with Crippen LogP contribution < -0.4 is 10.5 Å². The van der Waals surface area contributed by atoms with E-state index < -0.39 is 0 Å². The van der Waals surface area contributed by atoms with Gasteiger partial charge in [0.1, 0.15) is 23.6 Å². The van der Waals surface area contributed by atoms with E-state index in [1.54, 1.807) is 6.33 Å². The van der Waals surface area contributed by atoms with Gasteiger partial charge < -0.3 is 14.9 Å². The minimum absolute atomic E-state index is 0.0478. The molecule has 1 aliphatic heterocycles. The number of anilines is 1. The molecule has 3 aromatic heterocycles. The molecule has 3 aromatic rings. The predicted octanol–water partition coefficient (Wildman–Crippen LogP) is 1.83. The Bertz CT molecular complexity index is 1010. The first kappa shape index (κ1) is 14.6. The third-order valence-electron chi connectivity index (χ3n) is 5.84. The Balaban J connectivity index is 1.47. The number of rotatable bonds is 1. The van der Waals surface area contributed by atoms with Crippen molar-refractivity contribution in [3.8, 4) is 0 Å². The fourth-order valence-electron chi connectivity index (χ4n) is 4.51. The molecule has 1 saturated heterocycles. The van der Waals surface area contributed by atoms with Crippen molar-refractivity contribution in [2.45, 2.75) is 38.0 Å². The molecule has 2 N–H and O–H groups in total. The highest BCUT2D eigenvalue weighted by molar-refractivity contribution is 5.87. The van der Waals surface area contributed by atoms with Crippen molar-refractivity contribution in [1.29, 1.82) is 0 Å². The molecule has 128 valence electrons. The van der Waals surface area contributed by atoms with Crippen molar-refractivity contribution in [2.24, 2.45) is 0 Å². The first-order chi connectivity index (χ1) is 12.2. The van der Waals surface area contributed by atoms with E-state index in [0.29, 0.717) is 0 Å². The first-order valence-corrected chi connectivity index (χ1v) is 8.80. The zero-order chi connectivity index (χ0) is 17.0. The lowest BCUT2D eigenvalue weighted by Gasteiger charge is -2.40. The average molecular weight is 336 g/mol. The van der Waals surface area contributed by atoms with E-state index >= 15 is 0 Å². The normalized spacial score (nSPS) is 18.8. The third-order valence-corrected chi connectivity index (χ3v) is 5.84. The number of aryl methyl sites for hydroxylation is 1. The minimum atomic E-state index is 0.0478. The Labute approximate surface area is 144 Å². The van der Waals surface area contributed by atoms with Gasteiger partial charge in [0, 0.05) is 30.3 Å². The second-order valence-corrected chi connectivity index (χ2v) is 7.18. The number of H-pyrrole nitrogens is 2. The first-order valence-electron chi connectivity index (χ1n) is 8.80. The number of piperidine rings is 1. The van der Waals surface area contributed by atoms with Crippen LogP contribution in [0.5, 0.6) is 0 Å². The van der Waals surface area contributed by atoms with Crippen molar-refractivity contribution in [3.63, 3.8) is 0 Å². The van der Waals surface area contributed by atoms with Gasteiger partial charge in [-0.3, -0.25) is 4.79 Å². The zero-order valence-electron chi connectivity index (χ0n) is 14.2. The molecule has 1 spiro atoms. The second kappa shape index (κ2) is 5.15. The van der Waals surface area contributed by atoms with E-state index in [2.05, 4.69) is 24.8 Å². The Kier molecular flexibility index (Phi) is 3.01. The molecule has 1 aliphatic carbocycles. The fraction of sp³-hybridized carbons (Fsp3) is 0.444. The standard InChI is InChI=1S/C18H20N6O/c1-11-22-14-12(17(25)23-11)2-4-18(14)5-8-24(9-6-18)16-13-3-7-19-15(13)20-10-21-16/h3,7,10H,2,4-6,8-9H2,1H3,(H,19,20,21)(H,22,23,25). The number of nitrogens with one attached hydrogen (secondary N) is 2. The minimum Gasteiger partial charge on any atom is -0.356 e. The lowest BCUT2D eigenvalue weighted by molar-refractivity contribution is 0.322. The van der Waals surface area contributed by atoms with Gasteiger partial charge in [0.2, 0.25) is 0 Å². The lowest BCUT2D eigenvalue weighted by atomic mass is 9.76. The molecule has 7 heteroatoms. The molecule has 0 radical (unpaired) electrons. The van der Waals surface area contributed by atoms with Crippen LogP contribution in [0.2, 0.25) is 0 Å². The Morgan fingerprint density at radius 2 is 2.04 bits per heavy atom. The molecule has 7 nitrogen and oxygen atoms in total. The maximum Gasteiger partial charge on any atom is 0.254 e. The van der Waals surface area contributed by atoms with Crippen LogP contribution in [0.4, 0.5) is 5.82 Å². The largest absolute Gasteiger partial charge is 0.356 e. The van der Waals surface area contributed by atoms with Crippen LogP contribution in [-0.2, 0) is 11.8 Å². The number of hydrogen-bond donors (Lipinski definition) is 2. The van der Waals surface area contributed by atoms with Crippen LogP contribution in [0.15, 0.2) is 23.4 Å². The van der Waals surface area contributed by atoms with Crippen LogP contribution in [0.1, 0.15) is 36.3 Å². The van der Waals surface area contributed by atoms with Gasteiger partial charge in [-0.05, 0) is 38.7 Å². The Morgan fingerprint density at radius 3 is 2.88 bits per heavy atom. The van der Waals surface area contributed by atoms with Gasteiger partial charge in [0.15, 0.2) is 0 Å². The van der Waals surface area contributed by atoms with E-state index in [9.17, 15) is 4.79 Å². The highest BCUT2D eigenvalue weighted by Gasteiger charge is 2.44. The highest BCUT2D eigenvalue weighted by Crippen LogP contribution is 2.45. The number of nitrogens with zero attached hydrogens (tertiary/aromatic N) is 4. The summed E-state index contributed by atoms with van der Waals surface area (Å²) in [5.74, 6) is 1.71. The Morgan fingerprint density at radius 1 is 1.20 bits per heavy atom. The monoisotopic (exact) mass is 336 g/mol. The Hall–Kier alpha value is -2.70. The number of hydrogen-bond acceptors (Lipinski definition) is 5. The molecule has 4 heterocycles. The molecular weight excluding hydrogens is 316 g/mol. The van der Waals surface area contributed by atoms with Crippen LogP contribution in [0, 0.1) is 6.92 Å². The van der Waals surface area contributed by atoms with Gasteiger partial charge in [-0.15, -0.1) is 0 Å². The van der Waals surface area contributed by atoms with Crippen molar-refractivity contribution in [2.75, 3.05) is 18.0 Å². The van der Waals surface area contributed by atoms with Gasteiger partial charge in [-0.2, -0.15) is 0 Å². The number of aromatic nitrogens is 5. The number of aromatic amines is 2. The molecule has 5 rings (SSSR count).